The highest BCUT2D eigenvalue weighted by Gasteiger charge is 2.00. The number of carbonyl (C=O) groups is 1. The molecule has 6 heteroatoms. The molecule has 0 bridgehead atoms. The molecular weight excluding hydrogens is 282 g/mol. The van der Waals surface area contributed by atoms with E-state index in [-0.39, 0.29) is 5.97 Å². The molecule has 0 saturated heterocycles. The summed E-state index contributed by atoms with van der Waals surface area (Å²) in [6, 6.07) is 0. The molecule has 0 aromatic carbocycles. The van der Waals surface area contributed by atoms with Crippen molar-refractivity contribution >= 4 is 11.9 Å². The van der Waals surface area contributed by atoms with Crippen molar-refractivity contribution in [3.63, 3.8) is 0 Å². The number of hydrogen-bond donors (Lipinski definition) is 2. The number of nitrogens with zero attached hydrogens (tertiary/aromatic N) is 1. The smallest absolute Gasteiger partial charge is 0.305 e. The van der Waals surface area contributed by atoms with Gasteiger partial charge in [-0.2, -0.15) is 0 Å². The Morgan fingerprint density at radius 3 is 2.45 bits per heavy atom. The topological polar surface area (TPSA) is 72.0 Å². The van der Waals surface area contributed by atoms with E-state index in [9.17, 15) is 4.79 Å². The molecule has 0 radical (unpaired) electrons. The normalized spacial score (nSPS) is 11.3. The van der Waals surface area contributed by atoms with Crippen LogP contribution in [-0.2, 0) is 14.3 Å². The lowest BCUT2D eigenvalue weighted by Gasteiger charge is -2.11. The Morgan fingerprint density at radius 1 is 1.00 bits per heavy atom. The summed E-state index contributed by atoms with van der Waals surface area (Å²) >= 11 is 0. The predicted molar refractivity (Wildman–Crippen MR) is 90.2 cm³/mol. The molecule has 0 spiro atoms. The first-order valence-corrected chi connectivity index (χ1v) is 8.50. The number of unbranched alkanes of at least 4 members (excludes halogenated alkanes) is 3. The van der Waals surface area contributed by atoms with Crippen LogP contribution in [0.15, 0.2) is 4.99 Å². The second-order valence-electron chi connectivity index (χ2n) is 4.85. The van der Waals surface area contributed by atoms with Crippen molar-refractivity contribution in [3.05, 3.63) is 0 Å². The molecule has 0 aliphatic rings. The molecule has 22 heavy (non-hydrogen) atoms. The first-order valence-electron chi connectivity index (χ1n) is 8.50. The Kier molecular flexibility index (Phi) is 15.1. The van der Waals surface area contributed by atoms with E-state index in [2.05, 4.69) is 22.5 Å². The van der Waals surface area contributed by atoms with Gasteiger partial charge in [0, 0.05) is 32.7 Å². The lowest BCUT2D eigenvalue weighted by molar-refractivity contribution is -0.143. The summed E-state index contributed by atoms with van der Waals surface area (Å²) in [5.41, 5.74) is 0. The van der Waals surface area contributed by atoms with Crippen molar-refractivity contribution in [2.75, 3.05) is 39.5 Å². The van der Waals surface area contributed by atoms with E-state index in [1.165, 1.54) is 0 Å². The molecule has 0 atom stereocenters. The molecule has 0 unspecified atom stereocenters. The second-order valence-corrected chi connectivity index (χ2v) is 4.85. The molecule has 0 heterocycles. The predicted octanol–water partition coefficient (Wildman–Crippen LogP) is 2.09. The fourth-order valence-electron chi connectivity index (χ4n) is 1.89. The van der Waals surface area contributed by atoms with Gasteiger partial charge in [0.25, 0.3) is 0 Å². The number of hydrogen-bond acceptors (Lipinski definition) is 4. The molecule has 0 aliphatic carbocycles. The molecule has 6 nitrogen and oxygen atoms in total. The molecule has 0 aliphatic heterocycles. The summed E-state index contributed by atoms with van der Waals surface area (Å²) in [5.74, 6) is 0.752. The molecule has 0 aromatic heterocycles. The van der Waals surface area contributed by atoms with Crippen LogP contribution in [0.5, 0.6) is 0 Å². The van der Waals surface area contributed by atoms with E-state index in [0.717, 1.165) is 57.9 Å². The van der Waals surface area contributed by atoms with Crippen molar-refractivity contribution in [1.82, 2.24) is 10.6 Å². The van der Waals surface area contributed by atoms with Gasteiger partial charge in [-0.1, -0.05) is 12.8 Å². The van der Waals surface area contributed by atoms with E-state index in [0.29, 0.717) is 19.6 Å². The Hall–Kier alpha value is -1.30. The van der Waals surface area contributed by atoms with Crippen LogP contribution in [-0.4, -0.2) is 51.4 Å². The van der Waals surface area contributed by atoms with E-state index in [1.807, 2.05) is 13.8 Å². The molecule has 0 aromatic rings. The SMILES string of the molecule is CCNC(=NCCCCCCC(=O)OCC)NCCOCC. The van der Waals surface area contributed by atoms with Gasteiger partial charge in [-0.05, 0) is 33.6 Å². The number of guanidine groups is 1. The van der Waals surface area contributed by atoms with Crippen molar-refractivity contribution in [2.24, 2.45) is 4.99 Å². The highest BCUT2D eigenvalue weighted by Crippen LogP contribution is 2.04. The minimum Gasteiger partial charge on any atom is -0.466 e. The zero-order chi connectivity index (χ0) is 16.5. The van der Waals surface area contributed by atoms with Crippen LogP contribution in [0.1, 0.15) is 52.9 Å². The second kappa shape index (κ2) is 16.1. The van der Waals surface area contributed by atoms with Gasteiger partial charge in [0.15, 0.2) is 5.96 Å². The third kappa shape index (κ3) is 13.7. The zero-order valence-electron chi connectivity index (χ0n) is 14.5. The zero-order valence-corrected chi connectivity index (χ0v) is 14.5. The molecule has 0 saturated carbocycles. The summed E-state index contributed by atoms with van der Waals surface area (Å²) < 4.78 is 10.2. The van der Waals surface area contributed by atoms with E-state index < -0.39 is 0 Å². The van der Waals surface area contributed by atoms with Crippen molar-refractivity contribution in [3.8, 4) is 0 Å². The maximum atomic E-state index is 11.2. The maximum Gasteiger partial charge on any atom is 0.305 e. The van der Waals surface area contributed by atoms with Gasteiger partial charge in [0.2, 0.25) is 0 Å². The molecular formula is C16H33N3O3. The third-order valence-corrected chi connectivity index (χ3v) is 2.95. The van der Waals surface area contributed by atoms with Gasteiger partial charge in [0.1, 0.15) is 0 Å². The summed E-state index contributed by atoms with van der Waals surface area (Å²) in [6.07, 6.45) is 4.59. The van der Waals surface area contributed by atoms with E-state index >= 15 is 0 Å². The number of carbonyl (C=O) groups excluding carboxylic acids is 1. The standard InChI is InChI=1S/C16H33N3O3/c1-4-17-16(19-13-14-21-5-2)18-12-10-8-7-9-11-15(20)22-6-3/h4-14H2,1-3H3,(H2,17,18,19). The van der Waals surface area contributed by atoms with Gasteiger partial charge >= 0.3 is 5.97 Å². The van der Waals surface area contributed by atoms with Crippen LogP contribution in [0.3, 0.4) is 0 Å². The first kappa shape index (κ1) is 20.7. The summed E-state index contributed by atoms with van der Waals surface area (Å²) in [6.45, 7) is 10.2. The lowest BCUT2D eigenvalue weighted by Crippen LogP contribution is -2.39. The average Bonchev–Trinajstić information content (AvgIpc) is 2.50. The summed E-state index contributed by atoms with van der Waals surface area (Å²) in [7, 11) is 0. The van der Waals surface area contributed by atoms with Crippen molar-refractivity contribution in [2.45, 2.75) is 52.9 Å². The van der Waals surface area contributed by atoms with Crippen LogP contribution >= 0.6 is 0 Å². The van der Waals surface area contributed by atoms with Gasteiger partial charge in [-0.25, -0.2) is 0 Å². The monoisotopic (exact) mass is 315 g/mol. The van der Waals surface area contributed by atoms with Gasteiger partial charge in [-0.3, -0.25) is 9.79 Å². The Bertz CT molecular complexity index is 296. The fraction of sp³-hybridized carbons (Fsp3) is 0.875. The molecule has 0 amide bonds. The largest absolute Gasteiger partial charge is 0.466 e. The molecule has 0 fully saturated rings. The Labute approximate surface area is 135 Å². The van der Waals surface area contributed by atoms with Crippen molar-refractivity contribution < 1.29 is 14.3 Å². The van der Waals surface area contributed by atoms with Gasteiger partial charge in [-0.15, -0.1) is 0 Å². The fourth-order valence-corrected chi connectivity index (χ4v) is 1.89. The Balaban J connectivity index is 3.65. The molecule has 0 rings (SSSR count). The highest BCUT2D eigenvalue weighted by molar-refractivity contribution is 5.79. The summed E-state index contributed by atoms with van der Waals surface area (Å²) in [4.78, 5) is 15.7. The number of aliphatic imine (C=N–C) groups is 1. The first-order chi connectivity index (χ1) is 10.7. The Morgan fingerprint density at radius 2 is 1.77 bits per heavy atom. The number of ether oxygens (including phenoxy) is 2. The van der Waals surface area contributed by atoms with Crippen molar-refractivity contribution in [1.29, 1.82) is 0 Å². The number of rotatable bonds is 13. The summed E-state index contributed by atoms with van der Waals surface area (Å²) in [5, 5.41) is 6.45. The minimum absolute atomic E-state index is 0.0894. The number of esters is 1. The lowest BCUT2D eigenvalue weighted by atomic mass is 10.1. The van der Waals surface area contributed by atoms with Crippen LogP contribution in [0.4, 0.5) is 0 Å². The average molecular weight is 315 g/mol. The molecule has 130 valence electrons. The van der Waals surface area contributed by atoms with Crippen LogP contribution in [0.25, 0.3) is 0 Å². The van der Waals surface area contributed by atoms with Crippen LogP contribution < -0.4 is 10.6 Å². The number of nitrogens with one attached hydrogen (secondary N) is 2. The maximum absolute atomic E-state index is 11.2. The molecule has 2 N–H and O–H groups in total. The van der Waals surface area contributed by atoms with E-state index in [4.69, 9.17) is 9.47 Å². The van der Waals surface area contributed by atoms with Gasteiger partial charge in [0.05, 0.1) is 13.2 Å². The van der Waals surface area contributed by atoms with Crippen LogP contribution in [0.2, 0.25) is 0 Å². The quantitative estimate of drug-likeness (QED) is 0.236. The van der Waals surface area contributed by atoms with E-state index in [1.54, 1.807) is 0 Å². The van der Waals surface area contributed by atoms with Crippen LogP contribution in [0, 0.1) is 0 Å². The van der Waals surface area contributed by atoms with Gasteiger partial charge < -0.3 is 20.1 Å². The third-order valence-electron chi connectivity index (χ3n) is 2.95. The highest BCUT2D eigenvalue weighted by atomic mass is 16.5. The minimum atomic E-state index is -0.0894.